The maximum absolute atomic E-state index is 8.37. The number of hydrogen-bond donors (Lipinski definition) is 3. The summed E-state index contributed by atoms with van der Waals surface area (Å²) in [5.74, 6) is 0.302. The van der Waals surface area contributed by atoms with Crippen molar-refractivity contribution >= 4 is 5.84 Å². The average Bonchev–Trinajstić information content (AvgIpc) is 2.25. The molecule has 1 aliphatic rings. The van der Waals surface area contributed by atoms with E-state index in [1.807, 2.05) is 0 Å². The van der Waals surface area contributed by atoms with E-state index in [1.54, 1.807) is 0 Å². The van der Waals surface area contributed by atoms with Crippen molar-refractivity contribution in [3.05, 3.63) is 0 Å². The highest BCUT2D eigenvalue weighted by Gasteiger charge is 2.25. The SMILES string of the molecule is CC1(CNCCC(N)=NO)CCCCC1. The largest absolute Gasteiger partial charge is 0.409 e. The summed E-state index contributed by atoms with van der Waals surface area (Å²) in [7, 11) is 0. The Hall–Kier alpha value is -0.770. The van der Waals surface area contributed by atoms with Gasteiger partial charge >= 0.3 is 0 Å². The van der Waals surface area contributed by atoms with Gasteiger partial charge in [-0.15, -0.1) is 0 Å². The molecule has 1 aliphatic carbocycles. The summed E-state index contributed by atoms with van der Waals surface area (Å²) >= 11 is 0. The molecule has 4 nitrogen and oxygen atoms in total. The van der Waals surface area contributed by atoms with E-state index in [9.17, 15) is 0 Å². The van der Waals surface area contributed by atoms with E-state index < -0.39 is 0 Å². The summed E-state index contributed by atoms with van der Waals surface area (Å²) in [5, 5.41) is 14.7. The summed E-state index contributed by atoms with van der Waals surface area (Å²) in [6, 6.07) is 0. The monoisotopic (exact) mass is 213 g/mol. The van der Waals surface area contributed by atoms with E-state index >= 15 is 0 Å². The van der Waals surface area contributed by atoms with Gasteiger partial charge in [0.2, 0.25) is 0 Å². The van der Waals surface area contributed by atoms with Crippen LogP contribution in [-0.4, -0.2) is 24.1 Å². The van der Waals surface area contributed by atoms with Gasteiger partial charge < -0.3 is 16.3 Å². The van der Waals surface area contributed by atoms with Crippen molar-refractivity contribution in [2.75, 3.05) is 13.1 Å². The Kier molecular flexibility index (Phi) is 4.88. The highest BCUT2D eigenvalue weighted by molar-refractivity contribution is 5.79. The maximum Gasteiger partial charge on any atom is 0.140 e. The fourth-order valence-corrected chi connectivity index (χ4v) is 2.24. The molecule has 1 fully saturated rings. The first-order chi connectivity index (χ1) is 7.16. The minimum absolute atomic E-state index is 0.302. The van der Waals surface area contributed by atoms with E-state index in [0.29, 0.717) is 17.7 Å². The average molecular weight is 213 g/mol. The number of nitrogens with two attached hydrogens (primary N) is 1. The van der Waals surface area contributed by atoms with E-state index in [-0.39, 0.29) is 0 Å². The number of amidine groups is 1. The van der Waals surface area contributed by atoms with Gasteiger partial charge in [0.1, 0.15) is 5.84 Å². The van der Waals surface area contributed by atoms with Gasteiger partial charge in [-0.3, -0.25) is 0 Å². The zero-order chi connectivity index (χ0) is 11.1. The second-order valence-corrected chi connectivity index (χ2v) is 4.89. The van der Waals surface area contributed by atoms with E-state index in [4.69, 9.17) is 10.9 Å². The third-order valence-electron chi connectivity index (χ3n) is 3.30. The quantitative estimate of drug-likeness (QED) is 0.214. The first kappa shape index (κ1) is 12.3. The van der Waals surface area contributed by atoms with Crippen LogP contribution in [0, 0.1) is 5.41 Å². The Balaban J connectivity index is 2.13. The Morgan fingerprint density at radius 3 is 2.67 bits per heavy atom. The van der Waals surface area contributed by atoms with Gasteiger partial charge in [0.25, 0.3) is 0 Å². The normalized spacial score (nSPS) is 21.5. The van der Waals surface area contributed by atoms with E-state index in [2.05, 4.69) is 17.4 Å². The Labute approximate surface area is 91.9 Å². The molecule has 0 spiro atoms. The zero-order valence-corrected chi connectivity index (χ0v) is 9.63. The van der Waals surface area contributed by atoms with Gasteiger partial charge in [-0.05, 0) is 18.3 Å². The third-order valence-corrected chi connectivity index (χ3v) is 3.30. The summed E-state index contributed by atoms with van der Waals surface area (Å²) in [4.78, 5) is 0. The molecule has 0 unspecified atom stereocenters. The van der Waals surface area contributed by atoms with Crippen LogP contribution in [0.4, 0.5) is 0 Å². The molecule has 4 N–H and O–H groups in total. The molecular formula is C11H23N3O. The van der Waals surface area contributed by atoms with Crippen LogP contribution >= 0.6 is 0 Å². The molecular weight excluding hydrogens is 190 g/mol. The highest BCUT2D eigenvalue weighted by Crippen LogP contribution is 2.34. The van der Waals surface area contributed by atoms with Crippen LogP contribution < -0.4 is 11.1 Å². The number of hydrogen-bond acceptors (Lipinski definition) is 3. The summed E-state index contributed by atoms with van der Waals surface area (Å²) in [6.07, 6.45) is 7.37. The van der Waals surface area contributed by atoms with Crippen molar-refractivity contribution in [2.24, 2.45) is 16.3 Å². The Morgan fingerprint density at radius 2 is 2.07 bits per heavy atom. The lowest BCUT2D eigenvalue weighted by Gasteiger charge is -2.33. The van der Waals surface area contributed by atoms with Crippen LogP contribution in [0.25, 0.3) is 0 Å². The lowest BCUT2D eigenvalue weighted by Crippen LogP contribution is -2.35. The molecule has 0 aliphatic heterocycles. The number of nitrogens with one attached hydrogen (secondary N) is 1. The molecule has 0 atom stereocenters. The van der Waals surface area contributed by atoms with Gasteiger partial charge in [0.05, 0.1) is 0 Å². The summed E-state index contributed by atoms with van der Waals surface area (Å²) in [6.45, 7) is 4.19. The third kappa shape index (κ3) is 4.51. The summed E-state index contributed by atoms with van der Waals surface area (Å²) < 4.78 is 0. The van der Waals surface area contributed by atoms with Crippen LogP contribution in [0.15, 0.2) is 5.16 Å². The topological polar surface area (TPSA) is 70.6 Å². The molecule has 0 bridgehead atoms. The highest BCUT2D eigenvalue weighted by atomic mass is 16.4. The summed E-state index contributed by atoms with van der Waals surface area (Å²) in [5.41, 5.74) is 5.85. The number of oxime groups is 1. The molecule has 0 saturated heterocycles. The second kappa shape index (κ2) is 5.95. The van der Waals surface area contributed by atoms with Crippen LogP contribution in [0.2, 0.25) is 0 Å². The number of nitrogens with zero attached hydrogens (tertiary/aromatic N) is 1. The molecule has 0 heterocycles. The van der Waals surface area contributed by atoms with Gasteiger partial charge in [0.15, 0.2) is 0 Å². The van der Waals surface area contributed by atoms with Gasteiger partial charge in [-0.1, -0.05) is 31.3 Å². The molecule has 0 amide bonds. The minimum atomic E-state index is 0.302. The van der Waals surface area contributed by atoms with Gasteiger partial charge in [-0.25, -0.2) is 0 Å². The standard InChI is InChI=1S/C11H23N3O/c1-11(6-3-2-4-7-11)9-13-8-5-10(12)14-15/h13,15H,2-9H2,1H3,(H2,12,14). The molecule has 0 radical (unpaired) electrons. The van der Waals surface area contributed by atoms with E-state index in [1.165, 1.54) is 32.1 Å². The van der Waals surface area contributed by atoms with Crippen molar-refractivity contribution in [2.45, 2.75) is 45.4 Å². The van der Waals surface area contributed by atoms with Crippen molar-refractivity contribution in [1.29, 1.82) is 0 Å². The predicted octanol–water partition coefficient (Wildman–Crippen LogP) is 1.68. The second-order valence-electron chi connectivity index (χ2n) is 4.89. The Bertz CT molecular complexity index is 210. The van der Waals surface area contributed by atoms with Crippen LogP contribution in [0.1, 0.15) is 45.4 Å². The first-order valence-corrected chi connectivity index (χ1v) is 5.83. The molecule has 0 aromatic heterocycles. The molecule has 1 saturated carbocycles. The lowest BCUT2D eigenvalue weighted by atomic mass is 9.76. The smallest absolute Gasteiger partial charge is 0.140 e. The fraction of sp³-hybridized carbons (Fsp3) is 0.909. The number of rotatable bonds is 5. The van der Waals surface area contributed by atoms with Gasteiger partial charge in [0, 0.05) is 19.5 Å². The molecule has 0 aromatic carbocycles. The van der Waals surface area contributed by atoms with Crippen molar-refractivity contribution < 1.29 is 5.21 Å². The molecule has 15 heavy (non-hydrogen) atoms. The van der Waals surface area contributed by atoms with Crippen molar-refractivity contribution in [1.82, 2.24) is 5.32 Å². The van der Waals surface area contributed by atoms with Crippen molar-refractivity contribution in [3.63, 3.8) is 0 Å². The van der Waals surface area contributed by atoms with Crippen molar-refractivity contribution in [3.8, 4) is 0 Å². The maximum atomic E-state index is 8.37. The minimum Gasteiger partial charge on any atom is -0.409 e. The molecule has 1 rings (SSSR count). The molecule has 4 heteroatoms. The Morgan fingerprint density at radius 1 is 1.40 bits per heavy atom. The van der Waals surface area contributed by atoms with Crippen LogP contribution in [-0.2, 0) is 0 Å². The predicted molar refractivity (Wildman–Crippen MR) is 62.1 cm³/mol. The molecule has 88 valence electrons. The van der Waals surface area contributed by atoms with Crippen LogP contribution in [0.5, 0.6) is 0 Å². The van der Waals surface area contributed by atoms with Gasteiger partial charge in [-0.2, -0.15) is 0 Å². The molecule has 0 aromatic rings. The zero-order valence-electron chi connectivity index (χ0n) is 9.63. The first-order valence-electron chi connectivity index (χ1n) is 5.83. The van der Waals surface area contributed by atoms with E-state index in [0.717, 1.165) is 13.1 Å². The van der Waals surface area contributed by atoms with Crippen LogP contribution in [0.3, 0.4) is 0 Å². The fourth-order valence-electron chi connectivity index (χ4n) is 2.24. The lowest BCUT2D eigenvalue weighted by molar-refractivity contribution is 0.209.